The zero-order valence-electron chi connectivity index (χ0n) is 15.0. The van der Waals surface area contributed by atoms with Gasteiger partial charge in [0, 0.05) is 6.08 Å². The summed E-state index contributed by atoms with van der Waals surface area (Å²) in [5.41, 5.74) is 5.06. The number of rotatable bonds is 6. The number of sulfone groups is 1. The van der Waals surface area contributed by atoms with Crippen LogP contribution >= 0.6 is 11.6 Å². The minimum Gasteiger partial charge on any atom is -0.491 e. The molecule has 0 aromatic heterocycles. The van der Waals surface area contributed by atoms with Gasteiger partial charge in [0.2, 0.25) is 5.91 Å². The van der Waals surface area contributed by atoms with Gasteiger partial charge in [0.15, 0.2) is 21.3 Å². The summed E-state index contributed by atoms with van der Waals surface area (Å²) in [6.07, 6.45) is 2.96. The maximum Gasteiger partial charge on any atom is 0.262 e. The molecule has 0 unspecified atom stereocenters. The molecule has 1 aromatic carbocycles. The molecule has 27 heavy (non-hydrogen) atoms. The van der Waals surface area contributed by atoms with Crippen molar-refractivity contribution >= 4 is 39.3 Å². The van der Waals surface area contributed by atoms with E-state index < -0.39 is 27.6 Å². The summed E-state index contributed by atoms with van der Waals surface area (Å²) in [6, 6.07) is 3.27. The third-order valence-electron chi connectivity index (χ3n) is 3.88. The standard InChI is InChI=1S/C17H21ClN2O6S/c1-3-26-14-9-11(8-13(18)16(14)25-2)4-5-15(21)19-20-17(22)12-6-7-27(23,24)10-12/h4-5,8-9,12H,3,6-7,10H2,1-2H3,(H,19,21)(H,20,22)/b5-4+/t12-/m1/s1. The molecule has 0 bridgehead atoms. The minimum absolute atomic E-state index is 0.0146. The summed E-state index contributed by atoms with van der Waals surface area (Å²) < 4.78 is 33.4. The highest BCUT2D eigenvalue weighted by Gasteiger charge is 2.32. The zero-order chi connectivity index (χ0) is 20.0. The van der Waals surface area contributed by atoms with Crippen LogP contribution in [-0.4, -0.2) is 45.5 Å². The summed E-state index contributed by atoms with van der Waals surface area (Å²) >= 11 is 6.14. The number of methoxy groups -OCH3 is 1. The molecule has 2 amide bonds. The molecule has 1 aromatic rings. The van der Waals surface area contributed by atoms with Gasteiger partial charge < -0.3 is 9.47 Å². The molecule has 0 spiro atoms. The Hall–Kier alpha value is -2.26. The number of halogens is 1. The van der Waals surface area contributed by atoms with Crippen LogP contribution in [0.25, 0.3) is 6.08 Å². The molecule has 0 radical (unpaired) electrons. The second kappa shape index (κ2) is 9.09. The number of amides is 2. The first kappa shape index (κ1) is 21.0. The second-order valence-corrected chi connectivity index (χ2v) is 8.51. The van der Waals surface area contributed by atoms with Crippen LogP contribution in [0.5, 0.6) is 11.5 Å². The van der Waals surface area contributed by atoms with Crippen molar-refractivity contribution in [1.82, 2.24) is 10.9 Å². The number of carbonyl (C=O) groups is 2. The monoisotopic (exact) mass is 416 g/mol. The molecule has 1 aliphatic heterocycles. The smallest absolute Gasteiger partial charge is 0.262 e. The van der Waals surface area contributed by atoms with Gasteiger partial charge in [-0.25, -0.2) is 8.42 Å². The lowest BCUT2D eigenvalue weighted by molar-refractivity contribution is -0.129. The quantitative estimate of drug-likeness (QED) is 0.534. The van der Waals surface area contributed by atoms with Crippen molar-refractivity contribution in [3.8, 4) is 11.5 Å². The topological polar surface area (TPSA) is 111 Å². The van der Waals surface area contributed by atoms with Gasteiger partial charge >= 0.3 is 0 Å². The van der Waals surface area contributed by atoms with Crippen molar-refractivity contribution in [3.05, 3.63) is 28.8 Å². The molecule has 0 saturated carbocycles. The predicted octanol–water partition coefficient (Wildman–Crippen LogP) is 1.34. The normalized spacial score (nSPS) is 18.3. The highest BCUT2D eigenvalue weighted by atomic mass is 35.5. The number of hydrazine groups is 1. The molecule has 8 nitrogen and oxygen atoms in total. The van der Waals surface area contributed by atoms with Crippen molar-refractivity contribution in [3.63, 3.8) is 0 Å². The van der Waals surface area contributed by atoms with E-state index in [0.717, 1.165) is 0 Å². The number of nitrogens with one attached hydrogen (secondary N) is 2. The van der Waals surface area contributed by atoms with Crippen molar-refractivity contribution < 1.29 is 27.5 Å². The summed E-state index contributed by atoms with van der Waals surface area (Å²) in [6.45, 7) is 2.24. The van der Waals surface area contributed by atoms with E-state index in [-0.39, 0.29) is 17.9 Å². The summed E-state index contributed by atoms with van der Waals surface area (Å²) in [7, 11) is -1.69. The molecular formula is C17H21ClN2O6S. The Bertz CT molecular complexity index is 853. The van der Waals surface area contributed by atoms with Gasteiger partial charge in [0.1, 0.15) is 0 Å². The van der Waals surface area contributed by atoms with E-state index in [1.807, 2.05) is 6.92 Å². The van der Waals surface area contributed by atoms with Gasteiger partial charge in [-0.1, -0.05) is 11.6 Å². The average molecular weight is 417 g/mol. The molecule has 0 aliphatic carbocycles. The Morgan fingerprint density at radius 1 is 1.33 bits per heavy atom. The molecule has 1 aliphatic rings. The van der Waals surface area contributed by atoms with Crippen LogP contribution in [0, 0.1) is 5.92 Å². The van der Waals surface area contributed by atoms with Crippen molar-refractivity contribution in [1.29, 1.82) is 0 Å². The van der Waals surface area contributed by atoms with E-state index in [4.69, 9.17) is 21.1 Å². The van der Waals surface area contributed by atoms with E-state index in [1.165, 1.54) is 19.3 Å². The highest BCUT2D eigenvalue weighted by molar-refractivity contribution is 7.91. The van der Waals surface area contributed by atoms with Gasteiger partial charge in [-0.05, 0) is 37.1 Å². The zero-order valence-corrected chi connectivity index (χ0v) is 16.5. The Morgan fingerprint density at radius 2 is 2.07 bits per heavy atom. The van der Waals surface area contributed by atoms with Crippen molar-refractivity contribution in [2.24, 2.45) is 5.92 Å². The summed E-state index contributed by atoms with van der Waals surface area (Å²) in [5, 5.41) is 0.333. The van der Waals surface area contributed by atoms with E-state index in [2.05, 4.69) is 10.9 Å². The third-order valence-corrected chi connectivity index (χ3v) is 5.92. The van der Waals surface area contributed by atoms with E-state index in [0.29, 0.717) is 28.7 Å². The maximum absolute atomic E-state index is 11.9. The Labute approximate surface area is 162 Å². The Morgan fingerprint density at radius 3 is 2.67 bits per heavy atom. The first-order chi connectivity index (χ1) is 12.8. The molecule has 10 heteroatoms. The highest BCUT2D eigenvalue weighted by Crippen LogP contribution is 2.36. The second-order valence-electron chi connectivity index (χ2n) is 5.88. The largest absolute Gasteiger partial charge is 0.491 e. The van der Waals surface area contributed by atoms with E-state index in [1.54, 1.807) is 12.1 Å². The third kappa shape index (κ3) is 5.86. The van der Waals surface area contributed by atoms with Crippen molar-refractivity contribution in [2.75, 3.05) is 25.2 Å². The van der Waals surface area contributed by atoms with Gasteiger partial charge in [-0.2, -0.15) is 0 Å². The lowest BCUT2D eigenvalue weighted by atomic mass is 10.1. The maximum atomic E-state index is 11.9. The van der Waals surface area contributed by atoms with Crippen LogP contribution in [0.4, 0.5) is 0 Å². The number of benzene rings is 1. The number of hydrogen-bond acceptors (Lipinski definition) is 6. The molecule has 1 fully saturated rings. The Kier molecular flexibility index (Phi) is 7.09. The van der Waals surface area contributed by atoms with Crippen LogP contribution in [0.15, 0.2) is 18.2 Å². The minimum atomic E-state index is -3.17. The summed E-state index contributed by atoms with van der Waals surface area (Å²) in [5.74, 6) is -1.11. The van der Waals surface area contributed by atoms with Crippen LogP contribution in [0.3, 0.4) is 0 Å². The fourth-order valence-corrected chi connectivity index (χ4v) is 4.62. The van der Waals surface area contributed by atoms with Crippen LogP contribution < -0.4 is 20.3 Å². The number of ether oxygens (including phenoxy) is 2. The van der Waals surface area contributed by atoms with Gasteiger partial charge in [-0.15, -0.1) is 0 Å². The molecule has 2 rings (SSSR count). The first-order valence-corrected chi connectivity index (χ1v) is 10.4. The molecule has 148 valence electrons. The predicted molar refractivity (Wildman–Crippen MR) is 101 cm³/mol. The lowest BCUT2D eigenvalue weighted by Crippen LogP contribution is -2.44. The molecule has 2 N–H and O–H groups in total. The number of carbonyl (C=O) groups excluding carboxylic acids is 2. The molecule has 1 atom stereocenters. The SMILES string of the molecule is CCOc1cc(/C=C/C(=O)NNC(=O)[C@@H]2CCS(=O)(=O)C2)cc(Cl)c1OC. The Balaban J connectivity index is 1.95. The first-order valence-electron chi connectivity index (χ1n) is 8.24. The fraction of sp³-hybridized carbons (Fsp3) is 0.412. The van der Waals surface area contributed by atoms with E-state index >= 15 is 0 Å². The van der Waals surface area contributed by atoms with Gasteiger partial charge in [0.05, 0.1) is 36.2 Å². The lowest BCUT2D eigenvalue weighted by Gasteiger charge is -2.12. The van der Waals surface area contributed by atoms with E-state index in [9.17, 15) is 18.0 Å². The molecule has 1 heterocycles. The molecular weight excluding hydrogens is 396 g/mol. The van der Waals surface area contributed by atoms with Crippen LogP contribution in [0.2, 0.25) is 5.02 Å². The fourth-order valence-electron chi connectivity index (χ4n) is 2.59. The number of hydrogen-bond donors (Lipinski definition) is 2. The average Bonchev–Trinajstić information content (AvgIpc) is 2.98. The van der Waals surface area contributed by atoms with Crippen LogP contribution in [-0.2, 0) is 19.4 Å². The summed E-state index contributed by atoms with van der Waals surface area (Å²) in [4.78, 5) is 23.7. The van der Waals surface area contributed by atoms with Crippen LogP contribution in [0.1, 0.15) is 18.9 Å². The van der Waals surface area contributed by atoms with Gasteiger partial charge in [0.25, 0.3) is 5.91 Å². The molecule has 1 saturated heterocycles. The van der Waals surface area contributed by atoms with Crippen molar-refractivity contribution in [2.45, 2.75) is 13.3 Å². The van der Waals surface area contributed by atoms with Gasteiger partial charge in [-0.3, -0.25) is 20.4 Å².